The van der Waals surface area contributed by atoms with Gasteiger partial charge in [0, 0.05) is 26.0 Å². The molecular weight excluding hydrogens is 406 g/mol. The Morgan fingerprint density at radius 1 is 1.03 bits per heavy atom. The number of H-pyrrole nitrogens is 1. The first-order chi connectivity index (χ1) is 14.3. The van der Waals surface area contributed by atoms with Gasteiger partial charge in [0.2, 0.25) is 10.0 Å². The molecule has 0 radical (unpaired) electrons. The van der Waals surface area contributed by atoms with Crippen molar-refractivity contribution in [2.75, 3.05) is 0 Å². The lowest BCUT2D eigenvalue weighted by molar-refractivity contribution is 0.580. The molecule has 0 amide bonds. The van der Waals surface area contributed by atoms with E-state index >= 15 is 0 Å². The van der Waals surface area contributed by atoms with Gasteiger partial charge < -0.3 is 4.98 Å². The molecule has 0 unspecified atom stereocenters. The Morgan fingerprint density at radius 2 is 1.77 bits per heavy atom. The third-order valence-electron chi connectivity index (χ3n) is 4.90. The van der Waals surface area contributed by atoms with Crippen molar-refractivity contribution in [2.24, 2.45) is 14.1 Å². The Kier molecular flexibility index (Phi) is 4.88. The number of pyridine rings is 1. The zero-order valence-corrected chi connectivity index (χ0v) is 17.1. The molecule has 0 aliphatic heterocycles. The molecule has 0 atom stereocenters. The lowest BCUT2D eigenvalue weighted by Crippen LogP contribution is -2.36. The second-order valence-electron chi connectivity index (χ2n) is 6.82. The van der Waals surface area contributed by atoms with E-state index in [2.05, 4.69) is 14.7 Å². The predicted molar refractivity (Wildman–Crippen MR) is 112 cm³/mol. The van der Waals surface area contributed by atoms with Crippen LogP contribution in [-0.4, -0.2) is 27.5 Å². The fraction of sp³-hybridized carbons (Fsp3) is 0.150. The van der Waals surface area contributed by atoms with Gasteiger partial charge in [-0.25, -0.2) is 17.9 Å². The van der Waals surface area contributed by atoms with Crippen LogP contribution >= 0.6 is 0 Å². The minimum atomic E-state index is -3.71. The summed E-state index contributed by atoms with van der Waals surface area (Å²) >= 11 is 0. The summed E-state index contributed by atoms with van der Waals surface area (Å²) in [5.41, 5.74) is 1.85. The number of benzene rings is 1. The van der Waals surface area contributed by atoms with Gasteiger partial charge in [-0.3, -0.25) is 18.9 Å². The maximum absolute atomic E-state index is 12.5. The summed E-state index contributed by atoms with van der Waals surface area (Å²) < 4.78 is 30.0. The van der Waals surface area contributed by atoms with Crippen molar-refractivity contribution >= 4 is 21.1 Å². The number of nitrogens with one attached hydrogen (secondary N) is 2. The summed E-state index contributed by atoms with van der Waals surface area (Å²) in [6.45, 7) is 0.0876. The molecule has 0 aliphatic carbocycles. The molecule has 2 N–H and O–H groups in total. The van der Waals surface area contributed by atoms with E-state index in [9.17, 15) is 18.0 Å². The second kappa shape index (κ2) is 7.39. The molecule has 4 aromatic rings. The van der Waals surface area contributed by atoms with E-state index in [0.717, 1.165) is 4.57 Å². The van der Waals surface area contributed by atoms with Crippen molar-refractivity contribution in [3.8, 4) is 11.3 Å². The number of rotatable bonds is 5. The molecule has 0 saturated heterocycles. The summed E-state index contributed by atoms with van der Waals surface area (Å²) in [6, 6.07) is 13.2. The van der Waals surface area contributed by atoms with E-state index in [1.807, 2.05) is 0 Å². The molecule has 4 rings (SSSR count). The molecule has 30 heavy (non-hydrogen) atoms. The van der Waals surface area contributed by atoms with Crippen LogP contribution in [0.5, 0.6) is 0 Å². The van der Waals surface area contributed by atoms with Crippen LogP contribution in [0.25, 0.3) is 22.3 Å². The Labute approximate surface area is 171 Å². The van der Waals surface area contributed by atoms with E-state index in [1.54, 1.807) is 49.6 Å². The van der Waals surface area contributed by atoms with Crippen LogP contribution in [0, 0.1) is 0 Å². The number of aromatic amines is 1. The van der Waals surface area contributed by atoms with Crippen molar-refractivity contribution < 1.29 is 8.42 Å². The maximum atomic E-state index is 12.5. The minimum absolute atomic E-state index is 0.0876. The van der Waals surface area contributed by atoms with Crippen molar-refractivity contribution in [2.45, 2.75) is 11.4 Å². The summed E-state index contributed by atoms with van der Waals surface area (Å²) in [5, 5.41) is 0. The van der Waals surface area contributed by atoms with Gasteiger partial charge in [0.1, 0.15) is 5.52 Å². The van der Waals surface area contributed by atoms with E-state index in [4.69, 9.17) is 0 Å². The molecule has 0 fully saturated rings. The summed E-state index contributed by atoms with van der Waals surface area (Å²) in [6.07, 6.45) is 1.60. The highest BCUT2D eigenvalue weighted by Crippen LogP contribution is 2.23. The van der Waals surface area contributed by atoms with Crippen molar-refractivity contribution in [1.82, 2.24) is 23.8 Å². The van der Waals surface area contributed by atoms with E-state index in [-0.39, 0.29) is 11.4 Å². The average molecular weight is 425 g/mol. The zero-order chi connectivity index (χ0) is 21.5. The van der Waals surface area contributed by atoms with Gasteiger partial charge in [0.25, 0.3) is 5.56 Å². The number of fused-ring (bicyclic) bond motifs is 1. The molecule has 9 nitrogen and oxygen atoms in total. The fourth-order valence-electron chi connectivity index (χ4n) is 3.18. The van der Waals surface area contributed by atoms with Gasteiger partial charge in [0.15, 0.2) is 0 Å². The highest BCUT2D eigenvalue weighted by atomic mass is 32.2. The third-order valence-corrected chi connectivity index (χ3v) is 6.31. The topological polar surface area (TPSA) is 119 Å². The normalized spacial score (nSPS) is 11.8. The number of hydrogen-bond acceptors (Lipinski definition) is 5. The first kappa shape index (κ1) is 19.8. The molecule has 1 aromatic carbocycles. The zero-order valence-electron chi connectivity index (χ0n) is 16.3. The van der Waals surface area contributed by atoms with Gasteiger partial charge in [-0.1, -0.05) is 18.2 Å². The lowest BCUT2D eigenvalue weighted by Gasteiger charge is -2.07. The highest BCUT2D eigenvalue weighted by molar-refractivity contribution is 7.89. The van der Waals surface area contributed by atoms with Crippen LogP contribution in [-0.2, 0) is 30.7 Å². The Balaban J connectivity index is 1.64. The summed E-state index contributed by atoms with van der Waals surface area (Å²) in [5.74, 6) is 0. The second-order valence-corrected chi connectivity index (χ2v) is 8.59. The smallest absolute Gasteiger partial charge is 0.331 e. The molecule has 3 aromatic heterocycles. The van der Waals surface area contributed by atoms with E-state index in [1.165, 1.54) is 23.7 Å². The summed E-state index contributed by atoms with van der Waals surface area (Å²) in [4.78, 5) is 31.7. The van der Waals surface area contributed by atoms with Gasteiger partial charge in [-0.15, -0.1) is 0 Å². The SMILES string of the molecule is Cn1c(=O)c2[nH]c(-c3ccc(S(=O)(=O)NCc4ccccn4)cc3)cc2n(C)c1=O. The van der Waals surface area contributed by atoms with Crippen LogP contribution < -0.4 is 16.0 Å². The van der Waals surface area contributed by atoms with Crippen LogP contribution in [0.4, 0.5) is 0 Å². The molecule has 0 spiro atoms. The Hall–Kier alpha value is -3.50. The van der Waals surface area contributed by atoms with Crippen molar-refractivity contribution in [3.63, 3.8) is 0 Å². The quantitative estimate of drug-likeness (QED) is 0.496. The van der Waals surface area contributed by atoms with Gasteiger partial charge in [-0.2, -0.15) is 0 Å². The molecule has 154 valence electrons. The van der Waals surface area contributed by atoms with Gasteiger partial charge in [0.05, 0.1) is 22.7 Å². The third kappa shape index (κ3) is 3.46. The standard InChI is InChI=1S/C20H19N5O4S/c1-24-17-11-16(23-18(17)19(26)25(2)20(24)27)13-6-8-15(9-7-13)30(28,29)22-12-14-5-3-4-10-21-14/h3-11,22-23H,12H2,1-2H3. The van der Waals surface area contributed by atoms with E-state index < -0.39 is 21.3 Å². The summed E-state index contributed by atoms with van der Waals surface area (Å²) in [7, 11) is -0.699. The Morgan fingerprint density at radius 3 is 2.43 bits per heavy atom. The predicted octanol–water partition coefficient (Wildman–Crippen LogP) is 1.11. The van der Waals surface area contributed by atoms with Gasteiger partial charge >= 0.3 is 5.69 Å². The fourth-order valence-corrected chi connectivity index (χ4v) is 4.18. The number of aryl methyl sites for hydroxylation is 1. The van der Waals surface area contributed by atoms with Crippen LogP contribution in [0.2, 0.25) is 0 Å². The Bertz CT molecular complexity index is 1450. The lowest BCUT2D eigenvalue weighted by atomic mass is 10.1. The first-order valence-corrected chi connectivity index (χ1v) is 10.5. The van der Waals surface area contributed by atoms with E-state index in [0.29, 0.717) is 28.0 Å². The van der Waals surface area contributed by atoms with Crippen molar-refractivity contribution in [1.29, 1.82) is 0 Å². The molecule has 3 heterocycles. The highest BCUT2D eigenvalue weighted by Gasteiger charge is 2.16. The van der Waals surface area contributed by atoms with Crippen LogP contribution in [0.15, 0.2) is 69.2 Å². The number of aromatic nitrogens is 4. The first-order valence-electron chi connectivity index (χ1n) is 9.06. The number of hydrogen-bond donors (Lipinski definition) is 2. The monoisotopic (exact) mass is 425 g/mol. The molecule has 0 saturated carbocycles. The van der Waals surface area contributed by atoms with Crippen LogP contribution in [0.1, 0.15) is 5.69 Å². The van der Waals surface area contributed by atoms with Gasteiger partial charge in [-0.05, 0) is 35.9 Å². The number of nitrogens with zero attached hydrogens (tertiary/aromatic N) is 3. The largest absolute Gasteiger partial charge is 0.349 e. The maximum Gasteiger partial charge on any atom is 0.331 e. The minimum Gasteiger partial charge on any atom is -0.349 e. The number of sulfonamides is 1. The van der Waals surface area contributed by atoms with Crippen LogP contribution in [0.3, 0.4) is 0 Å². The molecule has 0 bridgehead atoms. The molecule has 0 aliphatic rings. The van der Waals surface area contributed by atoms with Crippen molar-refractivity contribution in [3.05, 3.63) is 81.3 Å². The molecular formula is C20H19N5O4S. The molecule has 10 heteroatoms. The average Bonchev–Trinajstić information content (AvgIpc) is 3.21.